The van der Waals surface area contributed by atoms with E-state index in [4.69, 9.17) is 0 Å². The Morgan fingerprint density at radius 2 is 2.33 bits per heavy atom. The molecule has 0 fully saturated rings. The van der Waals surface area contributed by atoms with Gasteiger partial charge >= 0.3 is 0 Å². The molecule has 0 saturated heterocycles. The Bertz CT molecular complexity index is 772. The Morgan fingerprint density at radius 1 is 1.50 bits per heavy atom. The van der Waals surface area contributed by atoms with Gasteiger partial charge in [-0.25, -0.2) is 4.39 Å². The molecular weight excluding hydrogens is 311 g/mol. The number of halogens is 1. The lowest BCUT2D eigenvalue weighted by atomic mass is 9.89. The average Bonchev–Trinajstić information content (AvgIpc) is 2.96. The first-order chi connectivity index (χ1) is 11.5. The van der Waals surface area contributed by atoms with Crippen molar-refractivity contribution >= 4 is 17.5 Å². The molecule has 0 saturated carbocycles. The van der Waals surface area contributed by atoms with Crippen LogP contribution in [-0.4, -0.2) is 28.1 Å². The molecule has 1 aromatic carbocycles. The van der Waals surface area contributed by atoms with E-state index in [-0.39, 0.29) is 18.2 Å². The molecule has 1 aliphatic rings. The molecule has 2 aromatic rings. The minimum atomic E-state index is -0.650. The number of benzene rings is 1. The zero-order valence-electron chi connectivity index (χ0n) is 13.4. The SMILES string of the molecule is Cn1cc(CCCNC(=O)C2CC(=O)Nc3ccc(F)cc32)cn1. The third-order valence-electron chi connectivity index (χ3n) is 4.07. The maximum absolute atomic E-state index is 13.5. The second-order valence-electron chi connectivity index (χ2n) is 5.95. The fourth-order valence-electron chi connectivity index (χ4n) is 2.89. The van der Waals surface area contributed by atoms with E-state index < -0.39 is 11.7 Å². The van der Waals surface area contributed by atoms with Crippen LogP contribution in [0.15, 0.2) is 30.6 Å². The average molecular weight is 330 g/mol. The molecule has 0 radical (unpaired) electrons. The van der Waals surface area contributed by atoms with E-state index in [2.05, 4.69) is 15.7 Å². The summed E-state index contributed by atoms with van der Waals surface area (Å²) in [6, 6.07) is 4.08. The molecule has 7 heteroatoms. The number of nitrogens with one attached hydrogen (secondary N) is 2. The van der Waals surface area contributed by atoms with Crippen molar-refractivity contribution in [3.63, 3.8) is 0 Å². The highest BCUT2D eigenvalue weighted by molar-refractivity contribution is 6.01. The van der Waals surface area contributed by atoms with Gasteiger partial charge < -0.3 is 10.6 Å². The van der Waals surface area contributed by atoms with Gasteiger partial charge in [-0.15, -0.1) is 0 Å². The third kappa shape index (κ3) is 3.61. The van der Waals surface area contributed by atoms with Crippen LogP contribution in [0, 0.1) is 5.82 Å². The minimum Gasteiger partial charge on any atom is -0.356 e. The second-order valence-corrected chi connectivity index (χ2v) is 5.95. The fourth-order valence-corrected chi connectivity index (χ4v) is 2.89. The highest BCUT2D eigenvalue weighted by atomic mass is 19.1. The van der Waals surface area contributed by atoms with E-state index in [0.29, 0.717) is 17.8 Å². The van der Waals surface area contributed by atoms with E-state index >= 15 is 0 Å². The van der Waals surface area contributed by atoms with Crippen molar-refractivity contribution in [3.8, 4) is 0 Å². The number of aromatic nitrogens is 2. The molecule has 6 nitrogen and oxygen atoms in total. The Labute approximate surface area is 139 Å². The number of carbonyl (C=O) groups is 2. The molecule has 1 aromatic heterocycles. The van der Waals surface area contributed by atoms with Gasteiger partial charge in [-0.3, -0.25) is 14.3 Å². The van der Waals surface area contributed by atoms with Gasteiger partial charge in [0.25, 0.3) is 0 Å². The molecule has 126 valence electrons. The molecule has 24 heavy (non-hydrogen) atoms. The summed E-state index contributed by atoms with van der Waals surface area (Å²) in [7, 11) is 1.86. The number of anilines is 1. The van der Waals surface area contributed by atoms with E-state index in [9.17, 15) is 14.0 Å². The highest BCUT2D eigenvalue weighted by Gasteiger charge is 2.30. The smallest absolute Gasteiger partial charge is 0.228 e. The summed E-state index contributed by atoms with van der Waals surface area (Å²) in [6.07, 6.45) is 5.35. The summed E-state index contributed by atoms with van der Waals surface area (Å²) in [5.41, 5.74) is 2.14. The van der Waals surface area contributed by atoms with Crippen LogP contribution in [-0.2, 0) is 23.1 Å². The van der Waals surface area contributed by atoms with Crippen LogP contribution in [0.1, 0.15) is 29.9 Å². The van der Waals surface area contributed by atoms with Gasteiger partial charge in [0.15, 0.2) is 0 Å². The summed E-state index contributed by atoms with van der Waals surface area (Å²) in [4.78, 5) is 24.2. The Morgan fingerprint density at radius 3 is 3.08 bits per heavy atom. The molecule has 2 heterocycles. The first-order valence-electron chi connectivity index (χ1n) is 7.87. The quantitative estimate of drug-likeness (QED) is 0.820. The molecule has 1 unspecified atom stereocenters. The van der Waals surface area contributed by atoms with Crippen molar-refractivity contribution < 1.29 is 14.0 Å². The van der Waals surface area contributed by atoms with Crippen molar-refractivity contribution in [1.29, 1.82) is 0 Å². The Balaban J connectivity index is 1.59. The summed E-state index contributed by atoms with van der Waals surface area (Å²) >= 11 is 0. The minimum absolute atomic E-state index is 0.0326. The van der Waals surface area contributed by atoms with Gasteiger partial charge in [0.1, 0.15) is 5.82 Å². The normalized spacial score (nSPS) is 16.4. The number of fused-ring (bicyclic) bond motifs is 1. The number of nitrogens with zero attached hydrogens (tertiary/aromatic N) is 2. The number of hydrogen-bond donors (Lipinski definition) is 2. The predicted molar refractivity (Wildman–Crippen MR) is 86.9 cm³/mol. The van der Waals surface area contributed by atoms with Gasteiger partial charge in [-0.1, -0.05) is 0 Å². The number of amides is 2. The highest BCUT2D eigenvalue weighted by Crippen LogP contribution is 2.32. The van der Waals surface area contributed by atoms with Gasteiger partial charge in [0.2, 0.25) is 11.8 Å². The number of carbonyl (C=O) groups excluding carboxylic acids is 2. The Kier molecular flexibility index (Phi) is 4.59. The molecule has 3 rings (SSSR count). The molecule has 1 atom stereocenters. The fraction of sp³-hybridized carbons (Fsp3) is 0.353. The predicted octanol–water partition coefficient (Wildman–Crippen LogP) is 1.73. The number of hydrogen-bond acceptors (Lipinski definition) is 3. The lowest BCUT2D eigenvalue weighted by Gasteiger charge is -2.24. The lowest BCUT2D eigenvalue weighted by Crippen LogP contribution is -2.35. The van der Waals surface area contributed by atoms with Crippen molar-refractivity contribution in [2.24, 2.45) is 7.05 Å². The molecule has 2 amide bonds. The van der Waals surface area contributed by atoms with Crippen molar-refractivity contribution in [3.05, 3.63) is 47.5 Å². The van der Waals surface area contributed by atoms with Gasteiger partial charge in [0, 0.05) is 31.9 Å². The summed E-state index contributed by atoms with van der Waals surface area (Å²) in [6.45, 7) is 0.497. The van der Waals surface area contributed by atoms with Crippen molar-refractivity contribution in [2.75, 3.05) is 11.9 Å². The van der Waals surface area contributed by atoms with Crippen LogP contribution in [0.2, 0.25) is 0 Å². The maximum Gasteiger partial charge on any atom is 0.228 e. The topological polar surface area (TPSA) is 76.0 Å². The van der Waals surface area contributed by atoms with Crippen LogP contribution < -0.4 is 10.6 Å². The summed E-state index contributed by atoms with van der Waals surface area (Å²) in [5.74, 6) is -1.55. The standard InChI is InChI=1S/C17H19FN4O2/c1-22-10-11(9-20-22)3-2-6-19-17(24)14-8-16(23)21-15-5-4-12(18)7-13(14)15/h4-5,7,9-10,14H,2-3,6,8H2,1H3,(H,19,24)(H,21,23). The zero-order valence-corrected chi connectivity index (χ0v) is 13.4. The molecular formula is C17H19FN4O2. The van der Waals surface area contributed by atoms with Crippen LogP contribution in [0.25, 0.3) is 0 Å². The van der Waals surface area contributed by atoms with Gasteiger partial charge in [-0.05, 0) is 42.2 Å². The van der Waals surface area contributed by atoms with Gasteiger partial charge in [-0.2, -0.15) is 5.10 Å². The third-order valence-corrected chi connectivity index (χ3v) is 4.07. The van der Waals surface area contributed by atoms with Gasteiger partial charge in [0.05, 0.1) is 12.1 Å². The molecule has 1 aliphatic heterocycles. The van der Waals surface area contributed by atoms with Crippen LogP contribution in [0.5, 0.6) is 0 Å². The number of aryl methyl sites for hydroxylation is 2. The largest absolute Gasteiger partial charge is 0.356 e. The van der Waals surface area contributed by atoms with Crippen LogP contribution in [0.4, 0.5) is 10.1 Å². The first kappa shape index (κ1) is 16.2. The van der Waals surface area contributed by atoms with Crippen molar-refractivity contribution in [2.45, 2.75) is 25.2 Å². The monoisotopic (exact) mass is 330 g/mol. The summed E-state index contributed by atoms with van der Waals surface area (Å²) in [5, 5.41) is 9.60. The summed E-state index contributed by atoms with van der Waals surface area (Å²) < 4.78 is 15.2. The molecule has 0 bridgehead atoms. The lowest BCUT2D eigenvalue weighted by molar-refractivity contribution is -0.126. The molecule has 2 N–H and O–H groups in total. The molecule has 0 spiro atoms. The van der Waals surface area contributed by atoms with E-state index in [1.165, 1.54) is 18.2 Å². The van der Waals surface area contributed by atoms with Crippen LogP contribution >= 0.6 is 0 Å². The number of rotatable bonds is 5. The van der Waals surface area contributed by atoms with Crippen LogP contribution in [0.3, 0.4) is 0 Å². The Hall–Kier alpha value is -2.70. The second kappa shape index (κ2) is 6.82. The first-order valence-corrected chi connectivity index (χ1v) is 7.87. The van der Waals surface area contributed by atoms with Crippen molar-refractivity contribution in [1.82, 2.24) is 15.1 Å². The molecule has 0 aliphatic carbocycles. The maximum atomic E-state index is 13.5. The van der Waals surface area contributed by atoms with E-state index in [1.54, 1.807) is 10.9 Å². The van der Waals surface area contributed by atoms with E-state index in [0.717, 1.165) is 18.4 Å². The van der Waals surface area contributed by atoms with E-state index in [1.807, 2.05) is 13.2 Å². The zero-order chi connectivity index (χ0) is 17.1.